The topological polar surface area (TPSA) is 46.5 Å². The molecule has 0 saturated carbocycles. The van der Waals surface area contributed by atoms with Crippen LogP contribution >= 0.6 is 0 Å². The lowest BCUT2D eigenvalue weighted by Crippen LogP contribution is -2.06. The molecule has 0 amide bonds. The number of H-pyrrole nitrogens is 1. The molecule has 0 atom stereocenters. The molecule has 2 heterocycles. The Morgan fingerprint density at radius 3 is 2.58 bits per heavy atom. The van der Waals surface area contributed by atoms with E-state index in [4.69, 9.17) is 0 Å². The van der Waals surface area contributed by atoms with E-state index in [-0.39, 0.29) is 0 Å². The van der Waals surface area contributed by atoms with Crippen molar-refractivity contribution in [1.82, 2.24) is 19.7 Å². The van der Waals surface area contributed by atoms with Gasteiger partial charge in [-0.1, -0.05) is 12.1 Å². The van der Waals surface area contributed by atoms with Crippen molar-refractivity contribution in [3.05, 3.63) is 36.0 Å². The number of nitrogens with one attached hydrogen (secondary N) is 1. The molecule has 0 saturated heterocycles. The number of alkyl halides is 3. The third-order valence-corrected chi connectivity index (χ3v) is 2.80. The zero-order valence-electron chi connectivity index (χ0n) is 9.86. The van der Waals surface area contributed by atoms with Gasteiger partial charge in [-0.05, 0) is 18.2 Å². The first-order valence-electron chi connectivity index (χ1n) is 5.51. The summed E-state index contributed by atoms with van der Waals surface area (Å²) >= 11 is 0. The van der Waals surface area contributed by atoms with Crippen molar-refractivity contribution in [2.75, 3.05) is 0 Å². The minimum Gasteiger partial charge on any atom is -0.337 e. The van der Waals surface area contributed by atoms with Gasteiger partial charge in [0.15, 0.2) is 11.5 Å². The molecule has 1 N–H and O–H groups in total. The first kappa shape index (κ1) is 11.8. The zero-order chi connectivity index (χ0) is 13.6. The van der Waals surface area contributed by atoms with Crippen molar-refractivity contribution in [3.63, 3.8) is 0 Å². The molecular weight excluding hydrogens is 257 g/mol. The summed E-state index contributed by atoms with van der Waals surface area (Å²) in [7, 11) is 1.46. The molecule has 19 heavy (non-hydrogen) atoms. The number of nitrogens with zero attached hydrogens (tertiary/aromatic N) is 3. The lowest BCUT2D eigenvalue weighted by Gasteiger charge is -1.98. The van der Waals surface area contributed by atoms with Crippen molar-refractivity contribution in [2.24, 2.45) is 7.05 Å². The summed E-state index contributed by atoms with van der Waals surface area (Å²) in [4.78, 5) is 7.23. The van der Waals surface area contributed by atoms with Gasteiger partial charge in [0, 0.05) is 7.05 Å². The van der Waals surface area contributed by atoms with E-state index >= 15 is 0 Å². The van der Waals surface area contributed by atoms with E-state index < -0.39 is 11.9 Å². The summed E-state index contributed by atoms with van der Waals surface area (Å²) in [5, 5.41) is 3.46. The van der Waals surface area contributed by atoms with Crippen molar-refractivity contribution < 1.29 is 13.2 Å². The zero-order valence-corrected chi connectivity index (χ0v) is 9.86. The Labute approximate surface area is 105 Å². The first-order valence-corrected chi connectivity index (χ1v) is 5.51. The van der Waals surface area contributed by atoms with Gasteiger partial charge in [0.2, 0.25) is 0 Å². The Morgan fingerprint density at radius 2 is 1.95 bits per heavy atom. The summed E-state index contributed by atoms with van der Waals surface area (Å²) in [6.07, 6.45) is -4.46. The number of halogens is 3. The number of aromatic amines is 1. The van der Waals surface area contributed by atoms with Crippen LogP contribution in [0.4, 0.5) is 13.2 Å². The minimum absolute atomic E-state index is 0.295. The molecular formula is C12H9F3N4. The molecule has 3 aromatic rings. The largest absolute Gasteiger partial charge is 0.435 e. The van der Waals surface area contributed by atoms with Gasteiger partial charge in [-0.2, -0.15) is 18.3 Å². The fourth-order valence-electron chi connectivity index (χ4n) is 1.90. The van der Waals surface area contributed by atoms with Crippen LogP contribution in [0, 0.1) is 0 Å². The molecule has 0 radical (unpaired) electrons. The molecule has 0 unspecified atom stereocenters. The van der Waals surface area contributed by atoms with E-state index in [2.05, 4.69) is 15.1 Å². The van der Waals surface area contributed by atoms with Crippen molar-refractivity contribution in [1.29, 1.82) is 0 Å². The summed E-state index contributed by atoms with van der Waals surface area (Å²) in [5.41, 5.74) is 0.841. The van der Waals surface area contributed by atoms with Gasteiger partial charge in [-0.25, -0.2) is 4.98 Å². The van der Waals surface area contributed by atoms with Crippen LogP contribution < -0.4 is 0 Å². The van der Waals surface area contributed by atoms with Gasteiger partial charge in [0.1, 0.15) is 5.69 Å². The van der Waals surface area contributed by atoms with E-state index in [9.17, 15) is 13.2 Å². The monoisotopic (exact) mass is 266 g/mol. The van der Waals surface area contributed by atoms with Crippen molar-refractivity contribution in [3.8, 4) is 11.5 Å². The average molecular weight is 266 g/mol. The molecule has 7 heteroatoms. The van der Waals surface area contributed by atoms with Crippen LogP contribution in [0.2, 0.25) is 0 Å². The maximum absolute atomic E-state index is 12.6. The predicted octanol–water partition coefficient (Wildman–Crippen LogP) is 2.98. The van der Waals surface area contributed by atoms with Crippen LogP contribution in [-0.2, 0) is 13.2 Å². The average Bonchev–Trinajstić information content (AvgIpc) is 2.90. The second-order valence-corrected chi connectivity index (χ2v) is 4.14. The molecule has 0 bridgehead atoms. The van der Waals surface area contributed by atoms with Gasteiger partial charge >= 0.3 is 6.18 Å². The molecule has 3 rings (SSSR count). The number of hydrogen-bond acceptors (Lipinski definition) is 2. The van der Waals surface area contributed by atoms with Gasteiger partial charge in [0.05, 0.1) is 11.0 Å². The van der Waals surface area contributed by atoms with E-state index in [1.54, 1.807) is 6.07 Å². The number of para-hydroxylation sites is 2. The maximum Gasteiger partial charge on any atom is 0.435 e. The molecule has 0 aliphatic rings. The number of fused-ring (bicyclic) bond motifs is 1. The highest BCUT2D eigenvalue weighted by Gasteiger charge is 2.35. The number of aryl methyl sites for hydroxylation is 1. The Balaban J connectivity index is 2.13. The van der Waals surface area contributed by atoms with Gasteiger partial charge in [-0.3, -0.25) is 4.68 Å². The molecule has 2 aromatic heterocycles. The minimum atomic E-state index is -4.46. The summed E-state index contributed by atoms with van der Waals surface area (Å²) in [6, 6.07) is 8.23. The third-order valence-electron chi connectivity index (χ3n) is 2.80. The van der Waals surface area contributed by atoms with Crippen molar-refractivity contribution in [2.45, 2.75) is 6.18 Å². The first-order chi connectivity index (χ1) is 8.95. The predicted molar refractivity (Wildman–Crippen MR) is 63.3 cm³/mol. The molecule has 1 aromatic carbocycles. The number of rotatable bonds is 1. The van der Waals surface area contributed by atoms with Crippen molar-refractivity contribution >= 4 is 11.0 Å². The highest BCUT2D eigenvalue weighted by Crippen LogP contribution is 2.31. The molecule has 0 aliphatic carbocycles. The molecule has 0 fully saturated rings. The highest BCUT2D eigenvalue weighted by molar-refractivity contribution is 5.78. The van der Waals surface area contributed by atoms with E-state index in [1.807, 2.05) is 18.2 Å². The summed E-state index contributed by atoms with van der Waals surface area (Å²) in [5.74, 6) is 0.367. The van der Waals surface area contributed by atoms with E-state index in [1.165, 1.54) is 11.7 Å². The Bertz CT molecular complexity index is 706. The number of benzene rings is 1. The van der Waals surface area contributed by atoms with Crippen LogP contribution in [0.5, 0.6) is 0 Å². The second-order valence-electron chi connectivity index (χ2n) is 4.14. The van der Waals surface area contributed by atoms with Gasteiger partial charge < -0.3 is 4.98 Å². The summed E-state index contributed by atoms with van der Waals surface area (Å²) < 4.78 is 39.0. The number of aromatic nitrogens is 4. The Hall–Kier alpha value is -2.31. The van der Waals surface area contributed by atoms with Crippen LogP contribution in [0.15, 0.2) is 30.3 Å². The highest BCUT2D eigenvalue weighted by atomic mass is 19.4. The quantitative estimate of drug-likeness (QED) is 0.736. The van der Waals surface area contributed by atoms with Crippen LogP contribution in [-0.4, -0.2) is 19.7 Å². The second kappa shape index (κ2) is 3.84. The number of hydrogen-bond donors (Lipinski definition) is 1. The van der Waals surface area contributed by atoms with Gasteiger partial charge in [-0.15, -0.1) is 0 Å². The fraction of sp³-hybridized carbons (Fsp3) is 0.167. The lowest BCUT2D eigenvalue weighted by atomic mass is 10.3. The van der Waals surface area contributed by atoms with Crippen LogP contribution in [0.25, 0.3) is 22.6 Å². The molecule has 98 valence electrons. The Morgan fingerprint density at radius 1 is 1.21 bits per heavy atom. The summed E-state index contributed by atoms with van der Waals surface area (Å²) in [6.45, 7) is 0. The lowest BCUT2D eigenvalue weighted by molar-refractivity contribution is -0.141. The fourth-order valence-corrected chi connectivity index (χ4v) is 1.90. The van der Waals surface area contributed by atoms with Crippen LogP contribution in [0.3, 0.4) is 0 Å². The molecule has 4 nitrogen and oxygen atoms in total. The van der Waals surface area contributed by atoms with Crippen LogP contribution in [0.1, 0.15) is 5.69 Å². The third kappa shape index (κ3) is 1.96. The Kier molecular flexibility index (Phi) is 2.38. The normalized spacial score (nSPS) is 12.2. The smallest absolute Gasteiger partial charge is 0.337 e. The SMILES string of the molecule is Cn1nc(C(F)(F)F)cc1-c1nc2ccccc2[nH]1. The van der Waals surface area contributed by atoms with Gasteiger partial charge in [0.25, 0.3) is 0 Å². The number of imidazole rings is 1. The standard InChI is InChI=1S/C12H9F3N4/c1-19-9(6-10(18-19)12(13,14)15)11-16-7-4-2-3-5-8(7)17-11/h2-6H,1H3,(H,16,17). The van der Waals surface area contributed by atoms with E-state index in [0.717, 1.165) is 11.6 Å². The maximum atomic E-state index is 12.6. The van der Waals surface area contributed by atoms with E-state index in [0.29, 0.717) is 17.0 Å². The molecule has 0 aliphatic heterocycles. The molecule has 0 spiro atoms.